The number of amides is 1. The molecule has 0 spiro atoms. The highest BCUT2D eigenvalue weighted by atomic mass is 16.2. The van der Waals surface area contributed by atoms with Gasteiger partial charge in [0, 0.05) is 12.6 Å². The maximum absolute atomic E-state index is 12.1. The van der Waals surface area contributed by atoms with E-state index in [9.17, 15) is 9.59 Å². The van der Waals surface area contributed by atoms with E-state index in [0.717, 1.165) is 0 Å². The van der Waals surface area contributed by atoms with Crippen LogP contribution in [-0.2, 0) is 7.05 Å². The third-order valence-corrected chi connectivity index (χ3v) is 2.78. The number of anilines is 2. The van der Waals surface area contributed by atoms with Crippen LogP contribution in [-0.4, -0.2) is 21.5 Å². The lowest BCUT2D eigenvalue weighted by Crippen LogP contribution is -2.15. The van der Waals surface area contributed by atoms with E-state index in [1.54, 1.807) is 31.3 Å². The predicted molar refractivity (Wildman–Crippen MR) is 72.0 cm³/mol. The van der Waals surface area contributed by atoms with Gasteiger partial charge in [0.1, 0.15) is 11.4 Å². The molecule has 6 nitrogen and oxygen atoms in total. The molecule has 0 atom stereocenters. The van der Waals surface area contributed by atoms with E-state index in [1.165, 1.54) is 17.8 Å². The van der Waals surface area contributed by atoms with E-state index in [2.05, 4.69) is 10.4 Å². The number of Topliss-reactive ketones (excluding diaryl/α,β-unsaturated/α-hetero) is 1. The van der Waals surface area contributed by atoms with Crippen molar-refractivity contribution in [1.29, 1.82) is 0 Å². The molecule has 0 aliphatic heterocycles. The van der Waals surface area contributed by atoms with Crippen LogP contribution in [0.4, 0.5) is 11.5 Å². The molecule has 98 valence electrons. The normalized spacial score (nSPS) is 10.2. The summed E-state index contributed by atoms with van der Waals surface area (Å²) >= 11 is 0. The van der Waals surface area contributed by atoms with Gasteiger partial charge in [-0.2, -0.15) is 5.10 Å². The Bertz CT molecular complexity index is 646. The molecule has 1 heterocycles. The van der Waals surface area contributed by atoms with Crippen LogP contribution in [0.3, 0.4) is 0 Å². The number of nitrogens with one attached hydrogen (secondary N) is 1. The predicted octanol–water partition coefficient (Wildman–Crippen LogP) is 1.46. The summed E-state index contributed by atoms with van der Waals surface area (Å²) in [5, 5.41) is 6.57. The van der Waals surface area contributed by atoms with Crippen LogP contribution in [0.2, 0.25) is 0 Å². The quantitative estimate of drug-likeness (QED) is 0.815. The van der Waals surface area contributed by atoms with Crippen LogP contribution in [0, 0.1) is 0 Å². The van der Waals surface area contributed by atoms with Gasteiger partial charge in [0.15, 0.2) is 5.78 Å². The standard InChI is InChI=1S/C13H14N4O2/c1-8(18)9-5-3-4-6-11(9)16-13(19)10-7-15-17(2)12(10)14/h3-7H,14H2,1-2H3,(H,16,19). The van der Waals surface area contributed by atoms with Crippen molar-refractivity contribution >= 4 is 23.2 Å². The molecule has 2 rings (SSSR count). The molecule has 19 heavy (non-hydrogen) atoms. The van der Waals surface area contributed by atoms with Crippen LogP contribution in [0.25, 0.3) is 0 Å². The second-order valence-electron chi connectivity index (χ2n) is 4.12. The van der Waals surface area contributed by atoms with E-state index in [0.29, 0.717) is 11.3 Å². The largest absolute Gasteiger partial charge is 0.383 e. The van der Waals surface area contributed by atoms with Crippen molar-refractivity contribution in [3.8, 4) is 0 Å². The van der Waals surface area contributed by atoms with Crippen LogP contribution < -0.4 is 11.1 Å². The van der Waals surface area contributed by atoms with Gasteiger partial charge in [-0.25, -0.2) is 0 Å². The van der Waals surface area contributed by atoms with Gasteiger partial charge in [-0.3, -0.25) is 14.3 Å². The van der Waals surface area contributed by atoms with Crippen molar-refractivity contribution in [1.82, 2.24) is 9.78 Å². The molecular weight excluding hydrogens is 244 g/mol. The zero-order chi connectivity index (χ0) is 14.0. The molecule has 2 aromatic rings. The highest BCUT2D eigenvalue weighted by Gasteiger charge is 2.15. The number of para-hydroxylation sites is 1. The van der Waals surface area contributed by atoms with Crippen LogP contribution in [0.15, 0.2) is 30.5 Å². The fourth-order valence-corrected chi connectivity index (χ4v) is 1.71. The fourth-order valence-electron chi connectivity index (χ4n) is 1.71. The first-order chi connectivity index (χ1) is 9.00. The summed E-state index contributed by atoms with van der Waals surface area (Å²) in [6.07, 6.45) is 1.39. The molecule has 0 aliphatic carbocycles. The SMILES string of the molecule is CC(=O)c1ccccc1NC(=O)c1cnn(C)c1N. The molecule has 0 fully saturated rings. The molecule has 0 saturated heterocycles. The molecule has 1 amide bonds. The third-order valence-electron chi connectivity index (χ3n) is 2.78. The Morgan fingerprint density at radius 3 is 2.53 bits per heavy atom. The summed E-state index contributed by atoms with van der Waals surface area (Å²) in [6.45, 7) is 1.45. The van der Waals surface area contributed by atoms with Crippen molar-refractivity contribution < 1.29 is 9.59 Å². The summed E-state index contributed by atoms with van der Waals surface area (Å²) in [5.74, 6) is -0.229. The second-order valence-corrected chi connectivity index (χ2v) is 4.12. The molecule has 0 radical (unpaired) electrons. The molecule has 0 bridgehead atoms. The van der Waals surface area contributed by atoms with Crippen LogP contribution >= 0.6 is 0 Å². The molecule has 1 aromatic carbocycles. The molecule has 6 heteroatoms. The monoisotopic (exact) mass is 258 g/mol. The van der Waals surface area contributed by atoms with Gasteiger partial charge < -0.3 is 11.1 Å². The van der Waals surface area contributed by atoms with Gasteiger partial charge in [0.05, 0.1) is 11.9 Å². The first-order valence-corrected chi connectivity index (χ1v) is 5.69. The average Bonchev–Trinajstić information content (AvgIpc) is 2.70. The van der Waals surface area contributed by atoms with Crippen molar-refractivity contribution in [2.45, 2.75) is 6.92 Å². The van der Waals surface area contributed by atoms with E-state index in [-0.39, 0.29) is 23.1 Å². The molecule has 0 aliphatic rings. The molecular formula is C13H14N4O2. The highest BCUT2D eigenvalue weighted by Crippen LogP contribution is 2.18. The van der Waals surface area contributed by atoms with Crippen molar-refractivity contribution in [2.75, 3.05) is 11.1 Å². The molecule has 1 aromatic heterocycles. The van der Waals surface area contributed by atoms with Gasteiger partial charge in [-0.1, -0.05) is 12.1 Å². The second kappa shape index (κ2) is 4.93. The zero-order valence-electron chi connectivity index (χ0n) is 10.7. The number of rotatable bonds is 3. The van der Waals surface area contributed by atoms with Crippen molar-refractivity contribution in [2.24, 2.45) is 7.05 Å². The maximum atomic E-state index is 12.1. The number of nitrogens with zero attached hydrogens (tertiary/aromatic N) is 2. The molecule has 0 unspecified atom stereocenters. The number of benzene rings is 1. The molecule has 0 saturated carbocycles. The summed E-state index contributed by atoms with van der Waals surface area (Å²) in [4.78, 5) is 23.5. The number of hydrogen-bond acceptors (Lipinski definition) is 4. The molecule has 3 N–H and O–H groups in total. The number of nitrogen functional groups attached to an aromatic ring is 1. The lowest BCUT2D eigenvalue weighted by Gasteiger charge is -2.08. The number of carbonyl (C=O) groups excluding carboxylic acids is 2. The van der Waals surface area contributed by atoms with E-state index >= 15 is 0 Å². The Hall–Kier alpha value is -2.63. The number of hydrogen-bond donors (Lipinski definition) is 2. The first-order valence-electron chi connectivity index (χ1n) is 5.69. The maximum Gasteiger partial charge on any atom is 0.261 e. The van der Waals surface area contributed by atoms with Gasteiger partial charge in [0.2, 0.25) is 0 Å². The first kappa shape index (κ1) is 12.8. The van der Waals surface area contributed by atoms with Gasteiger partial charge in [0.25, 0.3) is 5.91 Å². The summed E-state index contributed by atoms with van der Waals surface area (Å²) in [5.41, 5.74) is 6.92. The van der Waals surface area contributed by atoms with Gasteiger partial charge in [-0.05, 0) is 19.1 Å². The van der Waals surface area contributed by atoms with Crippen molar-refractivity contribution in [3.63, 3.8) is 0 Å². The lowest BCUT2D eigenvalue weighted by atomic mass is 10.1. The van der Waals surface area contributed by atoms with Crippen LogP contribution in [0.1, 0.15) is 27.6 Å². The third kappa shape index (κ3) is 2.47. The number of aryl methyl sites for hydroxylation is 1. The number of carbonyl (C=O) groups is 2. The van der Waals surface area contributed by atoms with Gasteiger partial charge >= 0.3 is 0 Å². The average molecular weight is 258 g/mol. The van der Waals surface area contributed by atoms with Crippen molar-refractivity contribution in [3.05, 3.63) is 41.6 Å². The van der Waals surface area contributed by atoms with E-state index < -0.39 is 0 Å². The zero-order valence-corrected chi connectivity index (χ0v) is 10.7. The smallest absolute Gasteiger partial charge is 0.261 e. The van der Waals surface area contributed by atoms with E-state index in [1.807, 2.05) is 0 Å². The minimum absolute atomic E-state index is 0.116. The number of aromatic nitrogens is 2. The Labute approximate surface area is 110 Å². The Morgan fingerprint density at radius 2 is 1.95 bits per heavy atom. The number of ketones is 1. The van der Waals surface area contributed by atoms with E-state index in [4.69, 9.17) is 5.73 Å². The number of nitrogens with two attached hydrogens (primary N) is 1. The topological polar surface area (TPSA) is 90.0 Å². The highest BCUT2D eigenvalue weighted by molar-refractivity contribution is 6.10. The van der Waals surface area contributed by atoms with Gasteiger partial charge in [-0.15, -0.1) is 0 Å². The summed E-state index contributed by atoms with van der Waals surface area (Å²) < 4.78 is 1.41. The minimum Gasteiger partial charge on any atom is -0.383 e. The summed E-state index contributed by atoms with van der Waals surface area (Å²) in [6, 6.07) is 6.81. The summed E-state index contributed by atoms with van der Waals surface area (Å²) in [7, 11) is 1.65. The Morgan fingerprint density at radius 1 is 1.26 bits per heavy atom. The van der Waals surface area contributed by atoms with Crippen LogP contribution in [0.5, 0.6) is 0 Å². The Balaban J connectivity index is 2.29. The minimum atomic E-state index is -0.390. The Kier molecular flexibility index (Phi) is 3.33. The lowest BCUT2D eigenvalue weighted by molar-refractivity contribution is 0.101. The fraction of sp³-hybridized carbons (Fsp3) is 0.154.